The molecule has 0 bridgehead atoms. The van der Waals surface area contributed by atoms with E-state index < -0.39 is 5.60 Å². The average molecular weight is 346 g/mol. The third kappa shape index (κ3) is 4.70. The normalized spacial score (nSPS) is 19.7. The van der Waals surface area contributed by atoms with Crippen LogP contribution < -0.4 is 0 Å². The van der Waals surface area contributed by atoms with E-state index in [0.717, 1.165) is 45.3 Å². The van der Waals surface area contributed by atoms with Gasteiger partial charge in [-0.15, -0.1) is 12.4 Å². The first-order valence-electron chi connectivity index (χ1n) is 8.34. The molecule has 1 spiro atoms. The summed E-state index contributed by atoms with van der Waals surface area (Å²) >= 11 is 0. The molecule has 23 heavy (non-hydrogen) atoms. The highest BCUT2D eigenvalue weighted by atomic mass is 35.5. The monoisotopic (exact) mass is 345 g/mol. The first kappa shape index (κ1) is 20.0. The number of esters is 2. The van der Waals surface area contributed by atoms with Crippen molar-refractivity contribution in [1.29, 1.82) is 0 Å². The van der Waals surface area contributed by atoms with E-state index in [9.17, 15) is 9.59 Å². The van der Waals surface area contributed by atoms with Crippen LogP contribution in [0.15, 0.2) is 11.1 Å². The average Bonchev–Trinajstić information content (AvgIpc) is 2.95. The van der Waals surface area contributed by atoms with E-state index in [2.05, 4.69) is 18.7 Å². The molecular weight excluding hydrogens is 318 g/mol. The van der Waals surface area contributed by atoms with Gasteiger partial charge in [-0.25, -0.2) is 9.59 Å². The van der Waals surface area contributed by atoms with E-state index in [-0.39, 0.29) is 24.3 Å². The van der Waals surface area contributed by atoms with E-state index in [1.807, 2.05) is 0 Å². The van der Waals surface area contributed by atoms with Gasteiger partial charge in [0.05, 0.1) is 5.57 Å². The molecule has 0 aromatic rings. The number of carbonyl (C=O) groups is 2. The van der Waals surface area contributed by atoms with Crippen LogP contribution in [0.1, 0.15) is 52.9 Å². The van der Waals surface area contributed by atoms with Gasteiger partial charge in [-0.1, -0.05) is 13.8 Å². The molecule has 0 unspecified atom stereocenters. The van der Waals surface area contributed by atoms with Gasteiger partial charge in [-0.2, -0.15) is 0 Å². The van der Waals surface area contributed by atoms with Gasteiger partial charge in [0, 0.05) is 18.5 Å². The highest BCUT2D eigenvalue weighted by molar-refractivity contribution is 6.01. The Morgan fingerprint density at radius 3 is 2.43 bits per heavy atom. The third-order valence-corrected chi connectivity index (χ3v) is 4.86. The van der Waals surface area contributed by atoms with Gasteiger partial charge in [0.1, 0.15) is 12.2 Å². The number of nitrogens with zero attached hydrogens (tertiary/aromatic N) is 1. The highest BCUT2D eigenvalue weighted by Crippen LogP contribution is 2.42. The van der Waals surface area contributed by atoms with Crippen LogP contribution in [0.25, 0.3) is 0 Å². The van der Waals surface area contributed by atoms with Crippen molar-refractivity contribution >= 4 is 24.3 Å². The Balaban J connectivity index is 0.00000264. The standard InChI is InChI=1S/C17H27NO4.ClH/c1-4-18(5-2)10-11-21-16(20)14-12-17(8-6-7-9-17)22-15(19)13(14)3;/h4-12H2,1-3H3;1H. The van der Waals surface area contributed by atoms with Gasteiger partial charge in [-0.05, 0) is 45.7 Å². The summed E-state index contributed by atoms with van der Waals surface area (Å²) in [6.45, 7) is 8.78. The summed E-state index contributed by atoms with van der Waals surface area (Å²) < 4.78 is 11.0. The van der Waals surface area contributed by atoms with Gasteiger partial charge in [0.25, 0.3) is 0 Å². The topological polar surface area (TPSA) is 55.8 Å². The largest absolute Gasteiger partial charge is 0.461 e. The summed E-state index contributed by atoms with van der Waals surface area (Å²) in [4.78, 5) is 26.6. The van der Waals surface area contributed by atoms with Crippen molar-refractivity contribution in [3.63, 3.8) is 0 Å². The van der Waals surface area contributed by atoms with Crippen LogP contribution in [0, 0.1) is 0 Å². The van der Waals surface area contributed by atoms with Gasteiger partial charge in [0.15, 0.2) is 0 Å². The van der Waals surface area contributed by atoms with Crippen LogP contribution in [-0.4, -0.2) is 48.7 Å². The summed E-state index contributed by atoms with van der Waals surface area (Å²) in [5, 5.41) is 0. The van der Waals surface area contributed by atoms with E-state index in [1.54, 1.807) is 6.92 Å². The SMILES string of the molecule is CCN(CC)CCOC(=O)C1=C(C)C(=O)OC2(CCCC2)C1.Cl. The quantitative estimate of drug-likeness (QED) is 0.693. The molecule has 1 aliphatic carbocycles. The minimum atomic E-state index is -0.455. The molecule has 1 aliphatic heterocycles. The van der Waals surface area contributed by atoms with Crippen molar-refractivity contribution in [2.24, 2.45) is 0 Å². The molecule has 2 rings (SSSR count). The number of hydrogen-bond donors (Lipinski definition) is 0. The third-order valence-electron chi connectivity index (χ3n) is 4.86. The zero-order valence-electron chi connectivity index (χ0n) is 14.4. The molecule has 0 N–H and O–H groups in total. The van der Waals surface area contributed by atoms with Crippen LogP contribution >= 0.6 is 12.4 Å². The maximum Gasteiger partial charge on any atom is 0.334 e. The molecule has 5 nitrogen and oxygen atoms in total. The lowest BCUT2D eigenvalue weighted by atomic mass is 9.87. The van der Waals surface area contributed by atoms with Crippen LogP contribution in [0.2, 0.25) is 0 Å². The minimum Gasteiger partial charge on any atom is -0.461 e. The Morgan fingerprint density at radius 1 is 1.26 bits per heavy atom. The summed E-state index contributed by atoms with van der Waals surface area (Å²) in [5.41, 5.74) is 0.465. The predicted octanol–water partition coefficient (Wildman–Crippen LogP) is 2.87. The molecule has 1 fully saturated rings. The first-order chi connectivity index (χ1) is 10.5. The zero-order chi connectivity index (χ0) is 16.2. The Kier molecular flexibility index (Phi) is 7.55. The Hall–Kier alpha value is -1.07. The summed E-state index contributed by atoms with van der Waals surface area (Å²) in [5.74, 6) is -0.712. The second-order valence-electron chi connectivity index (χ2n) is 6.22. The molecule has 1 saturated carbocycles. The minimum absolute atomic E-state index is 0. The number of rotatable bonds is 6. The van der Waals surface area contributed by atoms with Gasteiger partial charge in [-0.3, -0.25) is 0 Å². The lowest BCUT2D eigenvalue weighted by Gasteiger charge is -2.34. The van der Waals surface area contributed by atoms with Crippen molar-refractivity contribution in [3.05, 3.63) is 11.1 Å². The van der Waals surface area contributed by atoms with Crippen molar-refractivity contribution in [1.82, 2.24) is 4.90 Å². The fourth-order valence-corrected chi connectivity index (χ4v) is 3.31. The number of likely N-dealkylation sites (N-methyl/N-ethyl adjacent to an activating group) is 1. The van der Waals surface area contributed by atoms with Gasteiger partial charge in [0.2, 0.25) is 0 Å². The van der Waals surface area contributed by atoms with E-state index in [0.29, 0.717) is 24.2 Å². The summed E-state index contributed by atoms with van der Waals surface area (Å²) in [6.07, 6.45) is 4.31. The molecule has 0 aromatic heterocycles. The predicted molar refractivity (Wildman–Crippen MR) is 90.6 cm³/mol. The Bertz CT molecular complexity index is 465. The van der Waals surface area contributed by atoms with Crippen LogP contribution in [0.5, 0.6) is 0 Å². The molecule has 0 saturated heterocycles. The van der Waals surface area contributed by atoms with Crippen molar-refractivity contribution in [2.75, 3.05) is 26.2 Å². The lowest BCUT2D eigenvalue weighted by Crippen LogP contribution is -2.39. The van der Waals surface area contributed by atoms with Crippen molar-refractivity contribution in [2.45, 2.75) is 58.5 Å². The number of halogens is 1. The molecule has 132 valence electrons. The Morgan fingerprint density at radius 2 is 1.87 bits per heavy atom. The second kappa shape index (κ2) is 8.69. The van der Waals surface area contributed by atoms with Crippen molar-refractivity contribution in [3.8, 4) is 0 Å². The van der Waals surface area contributed by atoms with E-state index in [4.69, 9.17) is 9.47 Å². The maximum atomic E-state index is 12.3. The smallest absolute Gasteiger partial charge is 0.334 e. The molecule has 0 amide bonds. The fourth-order valence-electron chi connectivity index (χ4n) is 3.31. The zero-order valence-corrected chi connectivity index (χ0v) is 15.2. The molecule has 2 aliphatic rings. The van der Waals surface area contributed by atoms with Crippen LogP contribution in [0.4, 0.5) is 0 Å². The summed E-state index contributed by atoms with van der Waals surface area (Å²) in [6, 6.07) is 0. The molecule has 1 heterocycles. The van der Waals surface area contributed by atoms with E-state index >= 15 is 0 Å². The van der Waals surface area contributed by atoms with Gasteiger partial charge < -0.3 is 14.4 Å². The Labute approximate surface area is 144 Å². The van der Waals surface area contributed by atoms with Gasteiger partial charge >= 0.3 is 11.9 Å². The van der Waals surface area contributed by atoms with Crippen molar-refractivity contribution < 1.29 is 19.1 Å². The molecule has 0 aromatic carbocycles. The second-order valence-corrected chi connectivity index (χ2v) is 6.22. The van der Waals surface area contributed by atoms with Crippen LogP contribution in [0.3, 0.4) is 0 Å². The van der Waals surface area contributed by atoms with Crippen LogP contribution in [-0.2, 0) is 19.1 Å². The molecule has 6 heteroatoms. The summed E-state index contributed by atoms with van der Waals surface area (Å²) in [7, 11) is 0. The maximum absolute atomic E-state index is 12.3. The number of hydrogen-bond acceptors (Lipinski definition) is 5. The first-order valence-corrected chi connectivity index (χ1v) is 8.34. The molecule has 0 atom stereocenters. The molecule has 0 radical (unpaired) electrons. The lowest BCUT2D eigenvalue weighted by molar-refractivity contribution is -0.159. The highest BCUT2D eigenvalue weighted by Gasteiger charge is 2.44. The molecular formula is C17H28ClNO4. The fraction of sp³-hybridized carbons (Fsp3) is 0.765. The van der Waals surface area contributed by atoms with E-state index in [1.165, 1.54) is 0 Å². The number of ether oxygens (including phenoxy) is 2. The number of carbonyl (C=O) groups excluding carboxylic acids is 2.